The van der Waals surface area contributed by atoms with Gasteiger partial charge in [0.25, 0.3) is 5.91 Å². The number of aromatic nitrogens is 2. The van der Waals surface area contributed by atoms with E-state index in [-0.39, 0.29) is 11.8 Å². The van der Waals surface area contributed by atoms with E-state index in [1.807, 2.05) is 4.90 Å². The van der Waals surface area contributed by atoms with Crippen LogP contribution in [0, 0.1) is 5.92 Å². The Kier molecular flexibility index (Phi) is 5.94. The van der Waals surface area contributed by atoms with Crippen LogP contribution in [0.25, 0.3) is 0 Å². The molecule has 3 heterocycles. The van der Waals surface area contributed by atoms with Crippen molar-refractivity contribution < 1.29 is 9.59 Å². The maximum Gasteiger partial charge on any atom is 0.269 e. The van der Waals surface area contributed by atoms with Crippen LogP contribution in [-0.4, -0.2) is 64.1 Å². The maximum atomic E-state index is 12.9. The highest BCUT2D eigenvalue weighted by Gasteiger charge is 2.26. The van der Waals surface area contributed by atoms with E-state index >= 15 is 0 Å². The fourth-order valence-electron chi connectivity index (χ4n) is 4.36. The predicted octanol–water partition coefficient (Wildman–Crippen LogP) is 1.45. The van der Waals surface area contributed by atoms with Crippen molar-refractivity contribution in [2.75, 3.05) is 32.7 Å². The summed E-state index contributed by atoms with van der Waals surface area (Å²) in [6.07, 6.45) is 4.65. The summed E-state index contributed by atoms with van der Waals surface area (Å²) < 4.78 is 1.57. The molecule has 154 valence electrons. The highest BCUT2D eigenvalue weighted by molar-refractivity contribution is 5.92. The number of nitrogens with one attached hydrogen (secondary N) is 1. The number of rotatable bonds is 5. The summed E-state index contributed by atoms with van der Waals surface area (Å²) >= 11 is 0. The highest BCUT2D eigenvalue weighted by atomic mass is 16.2. The largest absolute Gasteiger partial charge is 0.350 e. The third-order valence-corrected chi connectivity index (χ3v) is 6.05. The lowest BCUT2D eigenvalue weighted by atomic mass is 9.97. The Labute approximate surface area is 171 Å². The summed E-state index contributed by atoms with van der Waals surface area (Å²) in [5.74, 6) is 0.388. The number of benzene rings is 1. The molecule has 1 saturated heterocycles. The summed E-state index contributed by atoms with van der Waals surface area (Å²) in [5.41, 5.74) is 3.29. The third kappa shape index (κ3) is 4.67. The SMILES string of the molecule is Cn1nccc1C(=O)NCC1CCCN(C(=O)CN2CCc3ccccc3C2)C1. The molecule has 1 aromatic heterocycles. The van der Waals surface area contributed by atoms with E-state index in [9.17, 15) is 9.59 Å². The molecule has 7 heteroatoms. The van der Waals surface area contributed by atoms with Crippen LogP contribution >= 0.6 is 0 Å². The first-order valence-electron chi connectivity index (χ1n) is 10.4. The lowest BCUT2D eigenvalue weighted by Gasteiger charge is -2.35. The van der Waals surface area contributed by atoms with E-state index in [1.165, 1.54) is 11.1 Å². The van der Waals surface area contributed by atoms with Crippen LogP contribution in [0.2, 0.25) is 0 Å². The molecule has 0 radical (unpaired) electrons. The van der Waals surface area contributed by atoms with Gasteiger partial charge in [0, 0.05) is 46.0 Å². The van der Waals surface area contributed by atoms with Gasteiger partial charge in [-0.15, -0.1) is 0 Å². The fourth-order valence-corrected chi connectivity index (χ4v) is 4.36. The lowest BCUT2D eigenvalue weighted by Crippen LogP contribution is -2.48. The molecule has 0 saturated carbocycles. The average Bonchev–Trinajstić information content (AvgIpc) is 3.18. The molecule has 1 fully saturated rings. The fraction of sp³-hybridized carbons (Fsp3) is 0.500. The second kappa shape index (κ2) is 8.78. The molecule has 0 aliphatic carbocycles. The topological polar surface area (TPSA) is 70.5 Å². The summed E-state index contributed by atoms with van der Waals surface area (Å²) in [6.45, 7) is 4.37. The molecule has 7 nitrogen and oxygen atoms in total. The van der Waals surface area contributed by atoms with Gasteiger partial charge in [-0.05, 0) is 42.4 Å². The first-order chi connectivity index (χ1) is 14.1. The number of nitrogens with zero attached hydrogens (tertiary/aromatic N) is 4. The van der Waals surface area contributed by atoms with E-state index in [4.69, 9.17) is 0 Å². The van der Waals surface area contributed by atoms with E-state index in [2.05, 4.69) is 39.6 Å². The van der Waals surface area contributed by atoms with E-state index in [0.29, 0.717) is 24.7 Å². The van der Waals surface area contributed by atoms with Crippen molar-refractivity contribution in [1.29, 1.82) is 0 Å². The van der Waals surface area contributed by atoms with Crippen molar-refractivity contribution >= 4 is 11.8 Å². The van der Waals surface area contributed by atoms with E-state index < -0.39 is 0 Å². The first kappa shape index (κ1) is 19.6. The summed E-state index contributed by atoms with van der Waals surface area (Å²) in [6, 6.07) is 10.2. The maximum absolute atomic E-state index is 12.9. The molecule has 1 N–H and O–H groups in total. The van der Waals surface area contributed by atoms with E-state index in [0.717, 1.165) is 45.4 Å². The van der Waals surface area contributed by atoms with Crippen molar-refractivity contribution in [2.45, 2.75) is 25.8 Å². The van der Waals surface area contributed by atoms with E-state index in [1.54, 1.807) is 24.0 Å². The van der Waals surface area contributed by atoms with Crippen molar-refractivity contribution in [3.63, 3.8) is 0 Å². The Bertz CT molecular complexity index is 878. The van der Waals surface area contributed by atoms with Gasteiger partial charge in [-0.3, -0.25) is 19.2 Å². The molecule has 2 aliphatic rings. The average molecular weight is 396 g/mol. The highest BCUT2D eigenvalue weighted by Crippen LogP contribution is 2.20. The van der Waals surface area contributed by atoms with Gasteiger partial charge in [0.1, 0.15) is 5.69 Å². The Hall–Kier alpha value is -2.67. The van der Waals surface area contributed by atoms with Gasteiger partial charge < -0.3 is 10.2 Å². The Morgan fingerprint density at radius 2 is 2.00 bits per heavy atom. The minimum Gasteiger partial charge on any atom is -0.350 e. The first-order valence-corrected chi connectivity index (χ1v) is 10.4. The Morgan fingerprint density at radius 3 is 2.79 bits per heavy atom. The van der Waals surface area contributed by atoms with Crippen LogP contribution in [0.1, 0.15) is 34.5 Å². The number of carbonyl (C=O) groups is 2. The number of piperidine rings is 1. The van der Waals surface area contributed by atoms with Gasteiger partial charge in [-0.25, -0.2) is 0 Å². The number of likely N-dealkylation sites (tertiary alicyclic amines) is 1. The molecule has 2 aromatic rings. The number of carbonyl (C=O) groups excluding carboxylic acids is 2. The van der Waals surface area contributed by atoms with Crippen LogP contribution in [-0.2, 0) is 24.8 Å². The van der Waals surface area contributed by atoms with Crippen LogP contribution in [0.5, 0.6) is 0 Å². The van der Waals surface area contributed by atoms with Gasteiger partial charge in [0.2, 0.25) is 5.91 Å². The van der Waals surface area contributed by atoms with Crippen molar-refractivity contribution in [1.82, 2.24) is 24.9 Å². The molecule has 1 atom stereocenters. The third-order valence-electron chi connectivity index (χ3n) is 6.05. The van der Waals surface area contributed by atoms with Crippen LogP contribution in [0.3, 0.4) is 0 Å². The normalized spacial score (nSPS) is 19.6. The molecule has 29 heavy (non-hydrogen) atoms. The standard InChI is InChI=1S/C22H29N5O2/c1-25-20(8-10-24-25)22(29)23-13-17-5-4-11-27(14-17)21(28)16-26-12-9-18-6-2-3-7-19(18)15-26/h2-3,6-8,10,17H,4-5,9,11-16H2,1H3,(H,23,29). The number of aryl methyl sites for hydroxylation is 1. The second-order valence-corrected chi connectivity index (χ2v) is 8.13. The van der Waals surface area contributed by atoms with Crippen LogP contribution in [0.15, 0.2) is 36.5 Å². The quantitative estimate of drug-likeness (QED) is 0.832. The van der Waals surface area contributed by atoms with Crippen LogP contribution in [0.4, 0.5) is 0 Å². The van der Waals surface area contributed by atoms with Gasteiger partial charge in [0.05, 0.1) is 6.54 Å². The van der Waals surface area contributed by atoms with Crippen LogP contribution < -0.4 is 5.32 Å². The number of fused-ring (bicyclic) bond motifs is 1. The zero-order valence-electron chi connectivity index (χ0n) is 17.0. The van der Waals surface area contributed by atoms with Gasteiger partial charge in [-0.2, -0.15) is 5.10 Å². The van der Waals surface area contributed by atoms with Gasteiger partial charge >= 0.3 is 0 Å². The number of amides is 2. The molecule has 0 bridgehead atoms. The zero-order valence-corrected chi connectivity index (χ0v) is 17.0. The number of hydrogen-bond donors (Lipinski definition) is 1. The molecule has 4 rings (SSSR count). The van der Waals surface area contributed by atoms with Crippen molar-refractivity contribution in [3.05, 3.63) is 53.3 Å². The Balaban J connectivity index is 1.26. The Morgan fingerprint density at radius 1 is 1.17 bits per heavy atom. The molecule has 2 aliphatic heterocycles. The molecule has 0 spiro atoms. The van der Waals surface area contributed by atoms with Gasteiger partial charge in [-0.1, -0.05) is 24.3 Å². The van der Waals surface area contributed by atoms with Crippen molar-refractivity contribution in [3.8, 4) is 0 Å². The summed E-state index contributed by atoms with van der Waals surface area (Å²) in [4.78, 5) is 29.4. The second-order valence-electron chi connectivity index (χ2n) is 8.13. The van der Waals surface area contributed by atoms with Gasteiger partial charge in [0.15, 0.2) is 0 Å². The van der Waals surface area contributed by atoms with Crippen molar-refractivity contribution in [2.24, 2.45) is 13.0 Å². The monoisotopic (exact) mass is 395 g/mol. The minimum absolute atomic E-state index is 0.111. The lowest BCUT2D eigenvalue weighted by molar-refractivity contribution is -0.134. The minimum atomic E-state index is -0.111. The zero-order chi connectivity index (χ0) is 20.2. The predicted molar refractivity (Wildman–Crippen MR) is 110 cm³/mol. The summed E-state index contributed by atoms with van der Waals surface area (Å²) in [7, 11) is 1.76. The molecular formula is C22H29N5O2. The number of hydrogen-bond acceptors (Lipinski definition) is 4. The molecular weight excluding hydrogens is 366 g/mol. The summed E-state index contributed by atoms with van der Waals surface area (Å²) in [5, 5.41) is 7.03. The molecule has 1 aromatic carbocycles. The molecule has 2 amide bonds. The molecule has 1 unspecified atom stereocenters. The smallest absolute Gasteiger partial charge is 0.269 e.